The first-order valence-corrected chi connectivity index (χ1v) is 7.03. The third-order valence-electron chi connectivity index (χ3n) is 2.83. The van der Waals surface area contributed by atoms with E-state index in [0.29, 0.717) is 0 Å². The van der Waals surface area contributed by atoms with Crippen LogP contribution in [0.25, 0.3) is 0 Å². The van der Waals surface area contributed by atoms with Gasteiger partial charge in [0.25, 0.3) is 0 Å². The molecule has 0 fully saturated rings. The number of benzene rings is 1. The summed E-state index contributed by atoms with van der Waals surface area (Å²) in [6, 6.07) is 6.42. The summed E-state index contributed by atoms with van der Waals surface area (Å²) < 4.78 is 0. The van der Waals surface area contributed by atoms with Gasteiger partial charge in [-0.25, -0.2) is 0 Å². The van der Waals surface area contributed by atoms with Gasteiger partial charge in [0, 0.05) is 5.75 Å². The molecule has 0 bridgehead atoms. The van der Waals surface area contributed by atoms with Crippen molar-refractivity contribution in [3.63, 3.8) is 0 Å². The Morgan fingerprint density at radius 3 is 2.44 bits per heavy atom. The van der Waals surface area contributed by atoms with E-state index >= 15 is 0 Å². The van der Waals surface area contributed by atoms with Crippen molar-refractivity contribution in [2.45, 2.75) is 39.2 Å². The maximum absolute atomic E-state index is 10.1. The monoisotopic (exact) mass is 238 g/mol. The van der Waals surface area contributed by atoms with E-state index in [1.165, 1.54) is 11.1 Å². The molecule has 1 unspecified atom stereocenters. The van der Waals surface area contributed by atoms with Crippen LogP contribution in [-0.2, 0) is 5.41 Å². The molecular weight excluding hydrogens is 216 g/mol. The zero-order valence-electron chi connectivity index (χ0n) is 10.9. The van der Waals surface area contributed by atoms with Crippen molar-refractivity contribution < 1.29 is 5.11 Å². The molecule has 0 spiro atoms. The fourth-order valence-corrected chi connectivity index (χ4v) is 2.21. The van der Waals surface area contributed by atoms with Gasteiger partial charge in [-0.05, 0) is 35.3 Å². The van der Waals surface area contributed by atoms with Gasteiger partial charge in [-0.2, -0.15) is 11.8 Å². The van der Waals surface area contributed by atoms with Crippen molar-refractivity contribution in [1.82, 2.24) is 0 Å². The van der Waals surface area contributed by atoms with E-state index in [9.17, 15) is 5.11 Å². The quantitative estimate of drug-likeness (QED) is 0.866. The van der Waals surface area contributed by atoms with E-state index < -0.39 is 0 Å². The Kier molecular flexibility index (Phi) is 4.45. The first kappa shape index (κ1) is 13.6. The molecule has 90 valence electrons. The summed E-state index contributed by atoms with van der Waals surface area (Å²) >= 11 is 1.68. The molecule has 1 rings (SSSR count). The van der Waals surface area contributed by atoms with Crippen LogP contribution in [-0.4, -0.2) is 17.1 Å². The average Bonchev–Trinajstić information content (AvgIpc) is 2.16. The fourth-order valence-electron chi connectivity index (χ4n) is 1.71. The molecule has 16 heavy (non-hydrogen) atoms. The van der Waals surface area contributed by atoms with Crippen molar-refractivity contribution in [2.75, 3.05) is 12.0 Å². The number of hydrogen-bond donors (Lipinski definition) is 1. The molecule has 0 radical (unpaired) electrons. The van der Waals surface area contributed by atoms with Crippen molar-refractivity contribution >= 4 is 11.8 Å². The van der Waals surface area contributed by atoms with Crippen LogP contribution in [0.5, 0.6) is 0 Å². The van der Waals surface area contributed by atoms with Crippen LogP contribution in [0, 0.1) is 6.92 Å². The van der Waals surface area contributed by atoms with Gasteiger partial charge in [0.05, 0.1) is 6.10 Å². The van der Waals surface area contributed by atoms with Crippen LogP contribution >= 0.6 is 11.8 Å². The van der Waals surface area contributed by atoms with Crippen LogP contribution < -0.4 is 0 Å². The third kappa shape index (κ3) is 3.26. The zero-order chi connectivity index (χ0) is 12.3. The molecule has 0 heterocycles. The normalized spacial score (nSPS) is 13.9. The average molecular weight is 238 g/mol. The topological polar surface area (TPSA) is 20.2 Å². The Bertz CT molecular complexity index is 352. The second-order valence-corrected chi connectivity index (χ2v) is 6.20. The van der Waals surface area contributed by atoms with Gasteiger partial charge in [0.2, 0.25) is 0 Å². The SMILES string of the molecule is CSCC(O)c1cc(C(C)(C)C)ccc1C. The van der Waals surface area contributed by atoms with Crippen molar-refractivity contribution in [2.24, 2.45) is 0 Å². The minimum absolute atomic E-state index is 0.140. The van der Waals surface area contributed by atoms with Crippen molar-refractivity contribution in [3.05, 3.63) is 34.9 Å². The molecule has 1 aromatic rings. The second-order valence-electron chi connectivity index (χ2n) is 5.29. The maximum atomic E-state index is 10.1. The summed E-state index contributed by atoms with van der Waals surface area (Å²) in [5.74, 6) is 0.758. The molecule has 1 aromatic carbocycles. The predicted molar refractivity (Wildman–Crippen MR) is 73.2 cm³/mol. The lowest BCUT2D eigenvalue weighted by Gasteiger charge is -2.22. The predicted octanol–water partition coefficient (Wildman–Crippen LogP) is 3.69. The highest BCUT2D eigenvalue weighted by Crippen LogP contribution is 2.28. The lowest BCUT2D eigenvalue weighted by molar-refractivity contribution is 0.203. The highest BCUT2D eigenvalue weighted by Gasteiger charge is 2.17. The number of rotatable bonds is 3. The highest BCUT2D eigenvalue weighted by molar-refractivity contribution is 7.98. The van der Waals surface area contributed by atoms with E-state index in [1.54, 1.807) is 11.8 Å². The number of aryl methyl sites for hydroxylation is 1. The van der Waals surface area contributed by atoms with Crippen LogP contribution in [0.15, 0.2) is 18.2 Å². The van der Waals surface area contributed by atoms with E-state index in [2.05, 4.69) is 45.9 Å². The summed E-state index contributed by atoms with van der Waals surface area (Å²) in [5.41, 5.74) is 3.67. The molecule has 1 N–H and O–H groups in total. The lowest BCUT2D eigenvalue weighted by atomic mass is 9.84. The van der Waals surface area contributed by atoms with Gasteiger partial charge in [0.15, 0.2) is 0 Å². The van der Waals surface area contributed by atoms with E-state index in [-0.39, 0.29) is 11.5 Å². The first-order valence-electron chi connectivity index (χ1n) is 5.64. The van der Waals surface area contributed by atoms with Crippen LogP contribution in [0.4, 0.5) is 0 Å². The summed E-state index contributed by atoms with van der Waals surface area (Å²) in [6.07, 6.45) is 1.67. The van der Waals surface area contributed by atoms with Gasteiger partial charge in [-0.15, -0.1) is 0 Å². The van der Waals surface area contributed by atoms with E-state index in [1.807, 2.05) is 6.26 Å². The Labute approximate surface area is 103 Å². The summed E-state index contributed by atoms with van der Waals surface area (Å²) in [4.78, 5) is 0. The molecule has 1 nitrogen and oxygen atoms in total. The Balaban J connectivity index is 3.09. The van der Waals surface area contributed by atoms with Gasteiger partial charge < -0.3 is 5.11 Å². The molecule has 2 heteroatoms. The van der Waals surface area contributed by atoms with Crippen molar-refractivity contribution in [3.8, 4) is 0 Å². The smallest absolute Gasteiger partial charge is 0.0882 e. The second kappa shape index (κ2) is 5.24. The number of aliphatic hydroxyl groups is 1. The molecule has 0 amide bonds. The van der Waals surface area contributed by atoms with E-state index in [4.69, 9.17) is 0 Å². The molecule has 0 saturated carbocycles. The first-order chi connectivity index (χ1) is 7.36. The van der Waals surface area contributed by atoms with Crippen LogP contribution in [0.3, 0.4) is 0 Å². The van der Waals surface area contributed by atoms with E-state index in [0.717, 1.165) is 11.3 Å². The molecule has 0 aromatic heterocycles. The summed E-state index contributed by atoms with van der Waals surface area (Å²) in [5, 5.41) is 10.1. The zero-order valence-corrected chi connectivity index (χ0v) is 11.7. The Morgan fingerprint density at radius 1 is 1.31 bits per heavy atom. The minimum atomic E-state index is -0.350. The van der Waals surface area contributed by atoms with Crippen LogP contribution in [0.2, 0.25) is 0 Å². The lowest BCUT2D eigenvalue weighted by Crippen LogP contribution is -2.13. The largest absolute Gasteiger partial charge is 0.388 e. The number of thioether (sulfide) groups is 1. The molecule has 1 atom stereocenters. The van der Waals surface area contributed by atoms with Gasteiger partial charge >= 0.3 is 0 Å². The third-order valence-corrected chi connectivity index (χ3v) is 3.48. The summed E-state index contributed by atoms with van der Waals surface area (Å²) in [7, 11) is 0. The maximum Gasteiger partial charge on any atom is 0.0882 e. The Hall–Kier alpha value is -0.470. The van der Waals surface area contributed by atoms with Gasteiger partial charge in [-0.1, -0.05) is 39.0 Å². The van der Waals surface area contributed by atoms with Crippen molar-refractivity contribution in [1.29, 1.82) is 0 Å². The minimum Gasteiger partial charge on any atom is -0.388 e. The summed E-state index contributed by atoms with van der Waals surface area (Å²) in [6.45, 7) is 8.65. The standard InChI is InChI=1S/C14H22OS/c1-10-6-7-11(14(2,3)4)8-12(10)13(15)9-16-5/h6-8,13,15H,9H2,1-5H3. The van der Waals surface area contributed by atoms with Gasteiger partial charge in [0.1, 0.15) is 0 Å². The number of aliphatic hydroxyl groups excluding tert-OH is 1. The molecule has 0 aliphatic rings. The molecule has 0 aliphatic heterocycles. The molecule has 0 aliphatic carbocycles. The number of hydrogen-bond acceptors (Lipinski definition) is 2. The molecule has 0 saturated heterocycles. The fraction of sp³-hybridized carbons (Fsp3) is 0.571. The molecular formula is C14H22OS. The highest BCUT2D eigenvalue weighted by atomic mass is 32.2. The Morgan fingerprint density at radius 2 is 1.94 bits per heavy atom. The van der Waals surface area contributed by atoms with Crippen LogP contribution in [0.1, 0.15) is 43.6 Å². The van der Waals surface area contributed by atoms with Gasteiger partial charge in [-0.3, -0.25) is 0 Å².